The molecule has 2 aromatic carbocycles. The van der Waals surface area contributed by atoms with Gasteiger partial charge in [-0.15, -0.1) is 0 Å². The maximum atomic E-state index is 12.1. The van der Waals surface area contributed by atoms with Crippen LogP contribution in [0.4, 0.5) is 32.3 Å². The Labute approximate surface area is 307 Å². The molecular weight excluding hydrogens is 697 g/mol. The van der Waals surface area contributed by atoms with Crippen LogP contribution in [0.3, 0.4) is 0 Å². The van der Waals surface area contributed by atoms with Crippen molar-refractivity contribution in [3.05, 3.63) is 48.5 Å². The lowest BCUT2D eigenvalue weighted by Gasteiger charge is -2.27. The van der Waals surface area contributed by atoms with Crippen molar-refractivity contribution in [1.29, 1.82) is 0 Å². The Bertz CT molecular complexity index is 1610. The zero-order chi connectivity index (χ0) is 36.3. The number of rotatable bonds is 11. The van der Waals surface area contributed by atoms with Crippen LogP contribution < -0.4 is 19.6 Å². The van der Waals surface area contributed by atoms with Crippen LogP contribution in [0, 0.1) is 0 Å². The van der Waals surface area contributed by atoms with E-state index in [1.165, 1.54) is 5.01 Å². The van der Waals surface area contributed by atoms with Crippen molar-refractivity contribution in [3.63, 3.8) is 0 Å². The second kappa shape index (κ2) is 17.8. The fraction of sp³-hybridized carbons (Fsp3) is 0.441. The van der Waals surface area contributed by atoms with Crippen LogP contribution in [0.2, 0.25) is 0 Å². The van der Waals surface area contributed by atoms with Gasteiger partial charge in [0.1, 0.15) is 24.9 Å². The van der Waals surface area contributed by atoms with Crippen molar-refractivity contribution in [2.75, 3.05) is 80.1 Å². The van der Waals surface area contributed by atoms with E-state index in [9.17, 15) is 14.4 Å². The number of thiocarbonyl (C=S) groups is 2. The molecule has 51 heavy (non-hydrogen) atoms. The molecule has 0 spiro atoms. The first kappa shape index (κ1) is 37.2. The molecule has 2 saturated heterocycles. The van der Waals surface area contributed by atoms with E-state index in [2.05, 4.69) is 15.1 Å². The number of carbonyl (C=O) groups excluding carboxylic acids is 3. The molecule has 2 aromatic rings. The van der Waals surface area contributed by atoms with Gasteiger partial charge in [0.2, 0.25) is 6.41 Å². The summed E-state index contributed by atoms with van der Waals surface area (Å²) in [5.74, 6) is 0. The summed E-state index contributed by atoms with van der Waals surface area (Å²) in [6, 6.07) is 15.4. The molecule has 6 rings (SSSR count). The van der Waals surface area contributed by atoms with Gasteiger partial charge in [-0.3, -0.25) is 19.6 Å². The van der Waals surface area contributed by atoms with E-state index in [1.54, 1.807) is 30.4 Å². The van der Waals surface area contributed by atoms with Crippen LogP contribution in [0.5, 0.6) is 0 Å². The highest BCUT2D eigenvalue weighted by Gasteiger charge is 2.33. The predicted molar refractivity (Wildman–Crippen MR) is 203 cm³/mol. The third-order valence-corrected chi connectivity index (χ3v) is 9.36. The predicted octanol–water partition coefficient (Wildman–Crippen LogP) is 4.45. The van der Waals surface area contributed by atoms with E-state index < -0.39 is 0 Å². The van der Waals surface area contributed by atoms with Gasteiger partial charge in [0.05, 0.1) is 40.4 Å². The number of hydrogen-bond acceptors (Lipinski definition) is 14. The Morgan fingerprint density at radius 2 is 1.16 bits per heavy atom. The van der Waals surface area contributed by atoms with E-state index in [1.807, 2.05) is 71.8 Å². The van der Waals surface area contributed by atoms with Crippen LogP contribution >= 0.6 is 24.4 Å². The summed E-state index contributed by atoms with van der Waals surface area (Å²) in [5.41, 5.74) is 3.60. The summed E-state index contributed by atoms with van der Waals surface area (Å²) in [4.78, 5) is 42.2. The Morgan fingerprint density at radius 1 is 0.725 bits per heavy atom. The smallest absolute Gasteiger partial charge is 0.414 e. The summed E-state index contributed by atoms with van der Waals surface area (Å²) >= 11 is 10.1. The number of nitrogens with zero attached hydrogens (tertiary/aromatic N) is 8. The maximum Gasteiger partial charge on any atom is 0.414 e. The van der Waals surface area contributed by atoms with Crippen molar-refractivity contribution in [2.45, 2.75) is 37.9 Å². The van der Waals surface area contributed by atoms with Crippen molar-refractivity contribution in [3.8, 4) is 0 Å². The number of anilines is 4. The number of benzene rings is 2. The molecule has 4 aliphatic heterocycles. The van der Waals surface area contributed by atoms with Gasteiger partial charge < -0.3 is 28.7 Å². The van der Waals surface area contributed by atoms with Crippen LogP contribution in [0.1, 0.15) is 25.7 Å². The van der Waals surface area contributed by atoms with Gasteiger partial charge >= 0.3 is 12.2 Å². The van der Waals surface area contributed by atoms with E-state index in [0.29, 0.717) is 68.4 Å². The molecule has 0 N–H and O–H groups in total. The standard InChI is InChI=1S/C17H20N4O4S.C17H22N4O3S/c1-24-16(26)7-6-15-10-21(17(23)25-15)14-4-2-13(3-5-14)19-8-9-20(12-22)18-11-19;1-19-9-10-20(12-18-19)13-3-5-14(6-4-13)21-11-15(24-17(21)22)7-8-16(25)23-2/h2-5,11-12,15H,6-10H2,1H3;3-6,12,15H,7-11H2,1-2H3/t2*15-/m00/s1. The molecular formula is C34H42N8O7S2. The fourth-order valence-corrected chi connectivity index (χ4v) is 5.86. The Hall–Kier alpha value is -5.03. The summed E-state index contributed by atoms with van der Waals surface area (Å²) in [7, 11) is 5.05. The summed E-state index contributed by atoms with van der Waals surface area (Å²) < 4.78 is 20.8. The lowest BCUT2D eigenvalue weighted by Crippen LogP contribution is -2.37. The SMILES string of the molecule is COC(=S)CC[C@H]1CN(c2ccc(N3C=NN(C)CC3)cc2)C(=O)O1.COC(=S)CC[C@H]1CN(c2ccc(N3C=NN(C=O)CC3)cc2)C(=O)O1. The largest absolute Gasteiger partial charge is 0.490 e. The number of methoxy groups -OCH3 is 2. The minimum Gasteiger partial charge on any atom is -0.490 e. The molecule has 2 atom stereocenters. The molecule has 0 saturated carbocycles. The Morgan fingerprint density at radius 3 is 1.53 bits per heavy atom. The molecule has 17 heteroatoms. The van der Waals surface area contributed by atoms with Gasteiger partial charge in [-0.1, -0.05) is 0 Å². The Kier molecular flexibility index (Phi) is 13.0. The minimum atomic E-state index is -0.354. The van der Waals surface area contributed by atoms with Gasteiger partial charge in [-0.05, 0) is 85.8 Å². The van der Waals surface area contributed by atoms with Gasteiger partial charge in [0.15, 0.2) is 10.1 Å². The monoisotopic (exact) mass is 738 g/mol. The van der Waals surface area contributed by atoms with Crippen molar-refractivity contribution in [2.24, 2.45) is 10.2 Å². The van der Waals surface area contributed by atoms with Gasteiger partial charge in [-0.2, -0.15) is 10.2 Å². The number of carbonyl (C=O) groups is 3. The van der Waals surface area contributed by atoms with Gasteiger partial charge in [0, 0.05) is 55.7 Å². The van der Waals surface area contributed by atoms with Crippen LogP contribution in [0.15, 0.2) is 58.7 Å². The summed E-state index contributed by atoms with van der Waals surface area (Å²) in [6.07, 6.45) is 5.62. The highest BCUT2D eigenvalue weighted by atomic mass is 32.1. The number of hydrogen-bond donors (Lipinski definition) is 0. The van der Waals surface area contributed by atoms with Crippen LogP contribution in [0.25, 0.3) is 0 Å². The first-order valence-electron chi connectivity index (χ1n) is 16.5. The molecule has 15 nitrogen and oxygen atoms in total. The average molecular weight is 739 g/mol. The molecule has 0 aliphatic carbocycles. The third-order valence-electron chi connectivity index (χ3n) is 8.61. The van der Waals surface area contributed by atoms with Gasteiger partial charge in [0.25, 0.3) is 0 Å². The van der Waals surface area contributed by atoms with E-state index in [-0.39, 0.29) is 24.4 Å². The molecule has 0 aromatic heterocycles. The normalized spacial score (nSPS) is 19.7. The number of hydrazone groups is 2. The number of amides is 3. The minimum absolute atomic E-state index is 0.162. The van der Waals surface area contributed by atoms with Crippen molar-refractivity contribution in [1.82, 2.24) is 10.0 Å². The van der Waals surface area contributed by atoms with E-state index in [0.717, 1.165) is 35.8 Å². The van der Waals surface area contributed by atoms with Gasteiger partial charge in [-0.25, -0.2) is 14.6 Å². The number of likely N-dealkylation sites (N-methyl/N-ethyl adjacent to an activating group) is 1. The topological polar surface area (TPSA) is 132 Å². The van der Waals surface area contributed by atoms with Crippen LogP contribution in [-0.4, -0.2) is 124 Å². The molecule has 272 valence electrons. The molecule has 0 bridgehead atoms. The lowest BCUT2D eigenvalue weighted by molar-refractivity contribution is -0.118. The second-order valence-electron chi connectivity index (χ2n) is 12.0. The van der Waals surface area contributed by atoms with Crippen molar-refractivity contribution < 1.29 is 33.3 Å². The number of cyclic esters (lactones) is 2. The third kappa shape index (κ3) is 10.0. The van der Waals surface area contributed by atoms with Crippen LogP contribution in [-0.2, 0) is 23.7 Å². The first-order valence-corrected chi connectivity index (χ1v) is 17.3. The van der Waals surface area contributed by atoms with Crippen molar-refractivity contribution >= 4 is 88.6 Å². The molecule has 0 unspecified atom stereocenters. The number of ether oxygens (including phenoxy) is 4. The van der Waals surface area contributed by atoms with E-state index >= 15 is 0 Å². The zero-order valence-electron chi connectivity index (χ0n) is 28.8. The molecule has 0 radical (unpaired) electrons. The summed E-state index contributed by atoms with van der Waals surface area (Å²) in [6.45, 7) is 3.97. The average Bonchev–Trinajstić information content (AvgIpc) is 3.74. The first-order chi connectivity index (χ1) is 24.7. The molecule has 2 fully saturated rings. The molecule has 3 amide bonds. The lowest BCUT2D eigenvalue weighted by atomic mass is 10.2. The van der Waals surface area contributed by atoms with E-state index in [4.69, 9.17) is 43.4 Å². The summed E-state index contributed by atoms with van der Waals surface area (Å²) in [5, 5.41) is 12.6. The zero-order valence-corrected chi connectivity index (χ0v) is 30.5. The highest BCUT2D eigenvalue weighted by molar-refractivity contribution is 7.80. The Balaban J connectivity index is 0.000000198. The quantitative estimate of drug-likeness (QED) is 0.239. The molecule has 4 aliphatic rings. The fourth-order valence-electron chi connectivity index (χ4n) is 5.62. The molecule has 4 heterocycles. The second-order valence-corrected chi connectivity index (χ2v) is 12.9. The maximum absolute atomic E-state index is 12.1. The highest BCUT2D eigenvalue weighted by Crippen LogP contribution is 2.28.